The van der Waals surface area contributed by atoms with Gasteiger partial charge in [-0.1, -0.05) is 61.4 Å². The minimum atomic E-state index is -0.299. The minimum Gasteiger partial charge on any atom is -0.455 e. The Morgan fingerprint density at radius 1 is 0.960 bits per heavy atom. The summed E-state index contributed by atoms with van der Waals surface area (Å²) in [6.07, 6.45) is 4.62. The van der Waals surface area contributed by atoms with Crippen LogP contribution in [-0.4, -0.2) is 18.5 Å². The zero-order valence-corrected chi connectivity index (χ0v) is 14.2. The van der Waals surface area contributed by atoms with Gasteiger partial charge in [-0.15, -0.1) is 0 Å². The van der Waals surface area contributed by atoms with Gasteiger partial charge >= 0.3 is 5.97 Å². The molecular weight excluding hydrogens is 314 g/mol. The van der Waals surface area contributed by atoms with E-state index in [1.54, 1.807) is 0 Å². The molecule has 1 saturated carbocycles. The highest BCUT2D eigenvalue weighted by Gasteiger charge is 2.24. The zero-order chi connectivity index (χ0) is 17.5. The Labute approximate surface area is 148 Å². The van der Waals surface area contributed by atoms with E-state index >= 15 is 0 Å². The second-order valence-electron chi connectivity index (χ2n) is 6.46. The van der Waals surface area contributed by atoms with Crippen molar-refractivity contribution in [3.8, 4) is 0 Å². The summed E-state index contributed by atoms with van der Waals surface area (Å²) < 4.78 is 5.17. The molecule has 0 spiro atoms. The van der Waals surface area contributed by atoms with Crippen molar-refractivity contribution in [2.24, 2.45) is 5.92 Å². The first-order valence-electron chi connectivity index (χ1n) is 8.80. The van der Waals surface area contributed by atoms with E-state index < -0.39 is 0 Å². The van der Waals surface area contributed by atoms with Crippen molar-refractivity contribution in [3.05, 3.63) is 65.7 Å². The third kappa shape index (κ3) is 4.92. The summed E-state index contributed by atoms with van der Waals surface area (Å²) in [6.45, 7) is -0.227. The summed E-state index contributed by atoms with van der Waals surface area (Å²) in [6, 6.07) is 17.8. The van der Waals surface area contributed by atoms with Crippen molar-refractivity contribution in [2.75, 3.05) is 11.9 Å². The van der Waals surface area contributed by atoms with Crippen LogP contribution in [0.1, 0.15) is 36.8 Å². The van der Waals surface area contributed by atoms with E-state index in [0.717, 1.165) is 43.4 Å². The Kier molecular flexibility index (Phi) is 5.83. The number of carbonyl (C=O) groups is 2. The summed E-state index contributed by atoms with van der Waals surface area (Å²) in [5.74, 6) is -0.574. The van der Waals surface area contributed by atoms with Crippen LogP contribution in [0.5, 0.6) is 0 Å². The summed E-state index contributed by atoms with van der Waals surface area (Å²) >= 11 is 0. The maximum atomic E-state index is 12.1. The van der Waals surface area contributed by atoms with Gasteiger partial charge in [0.25, 0.3) is 5.91 Å². The van der Waals surface area contributed by atoms with Crippen molar-refractivity contribution < 1.29 is 14.3 Å². The van der Waals surface area contributed by atoms with E-state index in [4.69, 9.17) is 4.74 Å². The van der Waals surface area contributed by atoms with Crippen LogP contribution < -0.4 is 5.32 Å². The van der Waals surface area contributed by atoms with Gasteiger partial charge in [-0.3, -0.25) is 9.59 Å². The molecule has 3 rings (SSSR count). The van der Waals surface area contributed by atoms with E-state index in [9.17, 15) is 9.59 Å². The number of benzene rings is 2. The standard InChI is InChI=1S/C21H23NO3/c23-20(15-25-21(24)17-10-4-5-11-17)22-19-13-7-6-12-18(19)14-16-8-2-1-3-9-16/h1-3,6-9,12-13,17H,4-5,10-11,14-15H2,(H,22,23). The lowest BCUT2D eigenvalue weighted by Crippen LogP contribution is -2.24. The highest BCUT2D eigenvalue weighted by molar-refractivity contribution is 5.93. The molecule has 0 radical (unpaired) electrons. The van der Waals surface area contributed by atoms with Crippen LogP contribution >= 0.6 is 0 Å². The molecule has 0 aromatic heterocycles. The van der Waals surface area contributed by atoms with Gasteiger partial charge in [0.2, 0.25) is 0 Å². The predicted molar refractivity (Wildman–Crippen MR) is 97.2 cm³/mol. The number of ether oxygens (including phenoxy) is 1. The first kappa shape index (κ1) is 17.2. The van der Waals surface area contributed by atoms with Crippen LogP contribution in [0, 0.1) is 5.92 Å². The number of para-hydroxylation sites is 1. The molecule has 2 aromatic carbocycles. The highest BCUT2D eigenvalue weighted by atomic mass is 16.5. The molecule has 25 heavy (non-hydrogen) atoms. The molecule has 0 atom stereocenters. The number of nitrogens with one attached hydrogen (secondary N) is 1. The van der Waals surface area contributed by atoms with Crippen molar-refractivity contribution in [3.63, 3.8) is 0 Å². The number of hydrogen-bond donors (Lipinski definition) is 1. The van der Waals surface area contributed by atoms with Gasteiger partial charge in [-0.25, -0.2) is 0 Å². The van der Waals surface area contributed by atoms with E-state index in [2.05, 4.69) is 17.4 Å². The lowest BCUT2D eigenvalue weighted by molar-refractivity contribution is -0.151. The Morgan fingerprint density at radius 3 is 2.40 bits per heavy atom. The molecule has 0 saturated heterocycles. The Hall–Kier alpha value is -2.62. The largest absolute Gasteiger partial charge is 0.455 e. The average molecular weight is 337 g/mol. The number of anilines is 1. The van der Waals surface area contributed by atoms with Gasteiger partial charge < -0.3 is 10.1 Å². The number of carbonyl (C=O) groups excluding carboxylic acids is 2. The van der Waals surface area contributed by atoms with Crippen LogP contribution in [0.15, 0.2) is 54.6 Å². The molecule has 0 unspecified atom stereocenters. The molecule has 0 aliphatic heterocycles. The van der Waals surface area contributed by atoms with Gasteiger partial charge in [-0.05, 0) is 36.5 Å². The van der Waals surface area contributed by atoms with E-state index in [1.165, 1.54) is 5.56 Å². The van der Waals surface area contributed by atoms with Gasteiger partial charge in [0, 0.05) is 5.69 Å². The van der Waals surface area contributed by atoms with Crippen molar-refractivity contribution in [2.45, 2.75) is 32.1 Å². The van der Waals surface area contributed by atoms with Crippen LogP contribution in [0.3, 0.4) is 0 Å². The normalized spacial score (nSPS) is 14.2. The van der Waals surface area contributed by atoms with Gasteiger partial charge in [0.15, 0.2) is 6.61 Å². The molecule has 0 bridgehead atoms. The smallest absolute Gasteiger partial charge is 0.309 e. The van der Waals surface area contributed by atoms with Crippen molar-refractivity contribution >= 4 is 17.6 Å². The monoisotopic (exact) mass is 337 g/mol. The summed E-state index contributed by atoms with van der Waals surface area (Å²) in [5.41, 5.74) is 2.97. The molecule has 2 aromatic rings. The first-order valence-corrected chi connectivity index (χ1v) is 8.80. The lowest BCUT2D eigenvalue weighted by atomic mass is 10.0. The first-order chi connectivity index (χ1) is 12.2. The number of hydrogen-bond acceptors (Lipinski definition) is 3. The second-order valence-corrected chi connectivity index (χ2v) is 6.46. The molecule has 1 amide bonds. The molecule has 1 fully saturated rings. The van der Waals surface area contributed by atoms with Gasteiger partial charge in [0.05, 0.1) is 5.92 Å². The summed E-state index contributed by atoms with van der Waals surface area (Å²) in [5, 5.41) is 2.86. The Balaban J connectivity index is 1.56. The molecule has 0 heterocycles. The van der Waals surface area contributed by atoms with E-state index in [-0.39, 0.29) is 24.4 Å². The van der Waals surface area contributed by atoms with Gasteiger partial charge in [-0.2, -0.15) is 0 Å². The number of amides is 1. The molecule has 1 aliphatic carbocycles. The van der Waals surface area contributed by atoms with Crippen molar-refractivity contribution in [1.29, 1.82) is 0 Å². The van der Waals surface area contributed by atoms with Crippen LogP contribution in [-0.2, 0) is 20.7 Å². The molecule has 4 heteroatoms. The molecular formula is C21H23NO3. The number of esters is 1. The minimum absolute atomic E-state index is 0.0295. The molecule has 130 valence electrons. The van der Waals surface area contributed by atoms with Gasteiger partial charge in [0.1, 0.15) is 0 Å². The second kappa shape index (κ2) is 8.47. The van der Waals surface area contributed by atoms with E-state index in [0.29, 0.717) is 0 Å². The third-order valence-corrected chi connectivity index (χ3v) is 4.56. The highest BCUT2D eigenvalue weighted by Crippen LogP contribution is 2.25. The SMILES string of the molecule is O=C(COC(=O)C1CCCC1)Nc1ccccc1Cc1ccccc1. The summed E-state index contributed by atoms with van der Waals surface area (Å²) in [4.78, 5) is 24.1. The summed E-state index contributed by atoms with van der Waals surface area (Å²) in [7, 11) is 0. The average Bonchev–Trinajstić information content (AvgIpc) is 3.17. The molecule has 4 nitrogen and oxygen atoms in total. The fourth-order valence-electron chi connectivity index (χ4n) is 3.21. The van der Waals surface area contributed by atoms with Crippen LogP contribution in [0.25, 0.3) is 0 Å². The van der Waals surface area contributed by atoms with Crippen LogP contribution in [0.4, 0.5) is 5.69 Å². The number of rotatable bonds is 6. The third-order valence-electron chi connectivity index (χ3n) is 4.56. The zero-order valence-electron chi connectivity index (χ0n) is 14.2. The molecule has 1 aliphatic rings. The molecule has 1 N–H and O–H groups in total. The topological polar surface area (TPSA) is 55.4 Å². The van der Waals surface area contributed by atoms with Crippen molar-refractivity contribution in [1.82, 2.24) is 0 Å². The van der Waals surface area contributed by atoms with E-state index in [1.807, 2.05) is 42.5 Å². The maximum Gasteiger partial charge on any atom is 0.309 e. The van der Waals surface area contributed by atoms with Crippen LogP contribution in [0.2, 0.25) is 0 Å². The lowest BCUT2D eigenvalue weighted by Gasteiger charge is -2.12. The Bertz CT molecular complexity index is 721. The fourth-order valence-corrected chi connectivity index (χ4v) is 3.21. The predicted octanol–water partition coefficient (Wildman–Crippen LogP) is 3.95. The fraction of sp³-hybridized carbons (Fsp3) is 0.333. The Morgan fingerprint density at radius 2 is 1.64 bits per heavy atom. The quantitative estimate of drug-likeness (QED) is 0.812. The maximum absolute atomic E-state index is 12.1.